The number of likely N-dealkylation sites (tertiary alicyclic amines) is 1. The third-order valence-electron chi connectivity index (χ3n) is 5.15. The van der Waals surface area contributed by atoms with Gasteiger partial charge in [0.15, 0.2) is 0 Å². The predicted molar refractivity (Wildman–Crippen MR) is 95.3 cm³/mol. The minimum absolute atomic E-state index is 0.0704. The van der Waals surface area contributed by atoms with Crippen LogP contribution >= 0.6 is 0 Å². The van der Waals surface area contributed by atoms with E-state index in [0.29, 0.717) is 5.92 Å². The molecule has 0 radical (unpaired) electrons. The molecule has 0 aromatic rings. The van der Waals surface area contributed by atoms with Crippen LogP contribution in [0.5, 0.6) is 0 Å². The first-order valence-corrected chi connectivity index (χ1v) is 9.30. The lowest BCUT2D eigenvalue weighted by Crippen LogP contribution is -2.51. The summed E-state index contributed by atoms with van der Waals surface area (Å²) >= 11 is 0. The fourth-order valence-corrected chi connectivity index (χ4v) is 3.72. The van der Waals surface area contributed by atoms with Gasteiger partial charge in [-0.3, -0.25) is 4.90 Å². The van der Waals surface area contributed by atoms with E-state index in [4.69, 9.17) is 9.47 Å². The fraction of sp³-hybridized carbons (Fsp3) is 0.944. The summed E-state index contributed by atoms with van der Waals surface area (Å²) in [6.07, 6.45) is 3.12. The minimum atomic E-state index is -0.215. The Kier molecular flexibility index (Phi) is 7.32. The van der Waals surface area contributed by atoms with Crippen molar-refractivity contribution in [1.29, 1.82) is 0 Å². The maximum absolute atomic E-state index is 12.6. The molecule has 0 bridgehead atoms. The van der Waals surface area contributed by atoms with Gasteiger partial charge in [0.2, 0.25) is 0 Å². The molecule has 140 valence electrons. The average molecular weight is 341 g/mol. The molecule has 2 saturated heterocycles. The van der Waals surface area contributed by atoms with Gasteiger partial charge >= 0.3 is 6.03 Å². The van der Waals surface area contributed by atoms with Crippen LogP contribution in [0.3, 0.4) is 0 Å². The summed E-state index contributed by atoms with van der Waals surface area (Å²) in [6, 6.07) is 0.174. The van der Waals surface area contributed by atoms with E-state index in [0.717, 1.165) is 58.8 Å². The molecule has 6 heteroatoms. The van der Waals surface area contributed by atoms with Crippen molar-refractivity contribution in [3.05, 3.63) is 0 Å². The van der Waals surface area contributed by atoms with Crippen molar-refractivity contribution in [2.45, 2.75) is 51.7 Å². The highest BCUT2D eigenvalue weighted by Gasteiger charge is 2.27. The highest BCUT2D eigenvalue weighted by Crippen LogP contribution is 2.19. The maximum Gasteiger partial charge on any atom is 0.317 e. The summed E-state index contributed by atoms with van der Waals surface area (Å²) in [5, 5.41) is 3.14. The molecular weight excluding hydrogens is 306 g/mol. The van der Waals surface area contributed by atoms with Crippen molar-refractivity contribution in [2.24, 2.45) is 5.92 Å². The van der Waals surface area contributed by atoms with E-state index < -0.39 is 0 Å². The first kappa shape index (κ1) is 19.5. The maximum atomic E-state index is 12.6. The largest absolute Gasteiger partial charge is 0.379 e. The van der Waals surface area contributed by atoms with E-state index in [1.54, 1.807) is 7.11 Å². The number of urea groups is 1. The Bertz CT molecular complexity index is 397. The lowest BCUT2D eigenvalue weighted by atomic mass is 9.97. The molecule has 0 unspecified atom stereocenters. The molecule has 6 nitrogen and oxygen atoms in total. The van der Waals surface area contributed by atoms with E-state index in [2.05, 4.69) is 24.1 Å². The van der Waals surface area contributed by atoms with E-state index in [-0.39, 0.29) is 17.7 Å². The van der Waals surface area contributed by atoms with Gasteiger partial charge in [-0.15, -0.1) is 0 Å². The van der Waals surface area contributed by atoms with Crippen LogP contribution in [-0.2, 0) is 9.47 Å². The number of amides is 2. The van der Waals surface area contributed by atoms with Crippen molar-refractivity contribution in [1.82, 2.24) is 15.1 Å². The van der Waals surface area contributed by atoms with Crippen molar-refractivity contribution in [3.63, 3.8) is 0 Å². The summed E-state index contributed by atoms with van der Waals surface area (Å²) in [5.41, 5.74) is -0.215. The van der Waals surface area contributed by atoms with E-state index in [9.17, 15) is 4.79 Å². The monoisotopic (exact) mass is 341 g/mol. The van der Waals surface area contributed by atoms with Crippen molar-refractivity contribution >= 4 is 6.03 Å². The Morgan fingerprint density at radius 3 is 2.71 bits per heavy atom. The second-order valence-electron chi connectivity index (χ2n) is 7.89. The topological polar surface area (TPSA) is 54.0 Å². The molecule has 24 heavy (non-hydrogen) atoms. The Labute approximate surface area is 146 Å². The molecular formula is C18H35N3O3. The van der Waals surface area contributed by atoms with Crippen LogP contribution in [0.25, 0.3) is 0 Å². The standard InChI is InChI=1S/C18H35N3O3/c1-15(12-18(2,3)23-4)19-17(22)21-7-5-6-16(14-21)13-20-8-10-24-11-9-20/h15-16H,5-14H2,1-4H3,(H,19,22)/t15-,16-/m1/s1. The van der Waals surface area contributed by atoms with Gasteiger partial charge in [-0.05, 0) is 46.0 Å². The van der Waals surface area contributed by atoms with Crippen LogP contribution in [0.4, 0.5) is 4.79 Å². The number of morpholine rings is 1. The molecule has 0 aliphatic carbocycles. The Morgan fingerprint density at radius 1 is 1.33 bits per heavy atom. The third-order valence-corrected chi connectivity index (χ3v) is 5.15. The molecule has 0 aromatic heterocycles. The van der Waals surface area contributed by atoms with Crippen molar-refractivity contribution in [2.75, 3.05) is 53.0 Å². The van der Waals surface area contributed by atoms with Gasteiger partial charge in [0, 0.05) is 45.9 Å². The van der Waals surface area contributed by atoms with Gasteiger partial charge in [0.1, 0.15) is 0 Å². The Balaban J connectivity index is 1.77. The predicted octanol–water partition coefficient (Wildman–Crippen LogP) is 1.94. The van der Waals surface area contributed by atoms with E-state index in [1.165, 1.54) is 6.42 Å². The summed E-state index contributed by atoms with van der Waals surface area (Å²) in [6.45, 7) is 12.7. The number of hydrogen-bond donors (Lipinski definition) is 1. The van der Waals surface area contributed by atoms with Gasteiger partial charge in [0.05, 0.1) is 18.8 Å². The van der Waals surface area contributed by atoms with Gasteiger partial charge in [-0.2, -0.15) is 0 Å². The zero-order valence-electron chi connectivity index (χ0n) is 15.8. The summed E-state index contributed by atoms with van der Waals surface area (Å²) in [4.78, 5) is 17.0. The number of carbonyl (C=O) groups is 1. The number of ether oxygens (including phenoxy) is 2. The minimum Gasteiger partial charge on any atom is -0.379 e. The average Bonchev–Trinajstić information content (AvgIpc) is 2.55. The lowest BCUT2D eigenvalue weighted by molar-refractivity contribution is 0.00869. The SMILES string of the molecule is COC(C)(C)C[C@@H](C)NC(=O)N1CCC[C@H](CN2CCOCC2)C1. The molecule has 0 aromatic carbocycles. The van der Waals surface area contributed by atoms with E-state index in [1.807, 2.05) is 11.8 Å². The van der Waals surface area contributed by atoms with Crippen LogP contribution in [0.2, 0.25) is 0 Å². The highest BCUT2D eigenvalue weighted by atomic mass is 16.5. The quantitative estimate of drug-likeness (QED) is 0.802. The normalized spacial score (nSPS) is 24.7. The van der Waals surface area contributed by atoms with Crippen LogP contribution in [0.15, 0.2) is 0 Å². The molecule has 2 aliphatic rings. The first-order chi connectivity index (χ1) is 11.4. The third kappa shape index (κ3) is 6.22. The van der Waals surface area contributed by atoms with Gasteiger partial charge in [-0.1, -0.05) is 0 Å². The second-order valence-corrected chi connectivity index (χ2v) is 7.89. The van der Waals surface area contributed by atoms with E-state index >= 15 is 0 Å². The van der Waals surface area contributed by atoms with Crippen LogP contribution < -0.4 is 5.32 Å². The smallest absolute Gasteiger partial charge is 0.317 e. The number of methoxy groups -OCH3 is 1. The number of piperidine rings is 1. The molecule has 2 aliphatic heterocycles. The van der Waals surface area contributed by atoms with Gasteiger partial charge in [0.25, 0.3) is 0 Å². The Hall–Kier alpha value is -0.850. The summed E-state index contributed by atoms with van der Waals surface area (Å²) < 4.78 is 10.9. The first-order valence-electron chi connectivity index (χ1n) is 9.30. The van der Waals surface area contributed by atoms with Gasteiger partial charge in [-0.25, -0.2) is 4.79 Å². The zero-order valence-corrected chi connectivity index (χ0v) is 15.8. The van der Waals surface area contributed by atoms with Crippen LogP contribution in [0, 0.1) is 5.92 Å². The second kappa shape index (κ2) is 9.02. The Morgan fingerprint density at radius 2 is 2.04 bits per heavy atom. The fourth-order valence-electron chi connectivity index (χ4n) is 3.72. The molecule has 0 saturated carbocycles. The summed E-state index contributed by atoms with van der Waals surface area (Å²) in [7, 11) is 1.72. The van der Waals surface area contributed by atoms with Crippen molar-refractivity contribution < 1.29 is 14.3 Å². The van der Waals surface area contributed by atoms with Crippen LogP contribution in [-0.4, -0.2) is 80.5 Å². The number of nitrogens with one attached hydrogen (secondary N) is 1. The number of nitrogens with zero attached hydrogens (tertiary/aromatic N) is 2. The number of hydrogen-bond acceptors (Lipinski definition) is 4. The van der Waals surface area contributed by atoms with Crippen LogP contribution in [0.1, 0.15) is 40.0 Å². The zero-order chi connectivity index (χ0) is 17.6. The highest BCUT2D eigenvalue weighted by molar-refractivity contribution is 5.74. The molecule has 2 heterocycles. The van der Waals surface area contributed by atoms with Gasteiger partial charge < -0.3 is 19.7 Å². The number of rotatable bonds is 6. The molecule has 0 spiro atoms. The molecule has 2 fully saturated rings. The molecule has 2 amide bonds. The summed E-state index contributed by atoms with van der Waals surface area (Å²) in [5.74, 6) is 0.577. The lowest BCUT2D eigenvalue weighted by Gasteiger charge is -2.37. The van der Waals surface area contributed by atoms with Crippen molar-refractivity contribution in [3.8, 4) is 0 Å². The molecule has 2 atom stereocenters. The molecule has 1 N–H and O–H groups in total. The number of carbonyl (C=O) groups excluding carboxylic acids is 1. The molecule has 2 rings (SSSR count).